The molecular formula is C24H23ClN3+. The van der Waals surface area contributed by atoms with Gasteiger partial charge in [0.15, 0.2) is 0 Å². The number of rotatable bonds is 3. The minimum atomic E-state index is 0.432. The Balaban J connectivity index is 1.33. The third kappa shape index (κ3) is 3.11. The molecule has 1 saturated heterocycles. The monoisotopic (exact) mass is 388 g/mol. The van der Waals surface area contributed by atoms with Crippen LogP contribution in [-0.4, -0.2) is 37.4 Å². The third-order valence-electron chi connectivity index (χ3n) is 5.89. The van der Waals surface area contributed by atoms with Crippen LogP contribution in [0.25, 0.3) is 11.1 Å². The van der Waals surface area contributed by atoms with Crippen LogP contribution >= 0.6 is 11.6 Å². The Morgan fingerprint density at radius 3 is 2.04 bits per heavy atom. The summed E-state index contributed by atoms with van der Waals surface area (Å²) >= 11 is 6.23. The lowest BCUT2D eigenvalue weighted by Gasteiger charge is -2.34. The van der Waals surface area contributed by atoms with Crippen molar-refractivity contribution in [2.75, 3.05) is 26.2 Å². The number of hydrogen-bond acceptors (Lipinski definition) is 2. The molecule has 4 heteroatoms. The van der Waals surface area contributed by atoms with Crippen molar-refractivity contribution >= 4 is 17.8 Å². The molecule has 0 bridgehead atoms. The molecule has 1 aliphatic heterocycles. The predicted octanol–water partition coefficient (Wildman–Crippen LogP) is 3.64. The average molecular weight is 389 g/mol. The number of halogens is 1. The van der Waals surface area contributed by atoms with Crippen molar-refractivity contribution < 1.29 is 4.90 Å². The van der Waals surface area contributed by atoms with E-state index in [2.05, 4.69) is 58.6 Å². The molecule has 3 aromatic rings. The molecule has 0 aromatic heterocycles. The van der Waals surface area contributed by atoms with Crippen LogP contribution in [0.2, 0.25) is 5.02 Å². The second kappa shape index (κ2) is 7.42. The van der Waals surface area contributed by atoms with Crippen molar-refractivity contribution in [1.29, 1.82) is 0 Å². The summed E-state index contributed by atoms with van der Waals surface area (Å²) in [5, 5.41) is 7.59. The lowest BCUT2D eigenvalue weighted by molar-refractivity contribution is -0.929. The van der Waals surface area contributed by atoms with E-state index >= 15 is 0 Å². The molecule has 0 spiro atoms. The molecular weight excluding hydrogens is 366 g/mol. The normalized spacial score (nSPS) is 17.1. The first-order valence-corrected chi connectivity index (χ1v) is 10.3. The Bertz CT molecular complexity index is 976. The highest BCUT2D eigenvalue weighted by molar-refractivity contribution is 6.33. The van der Waals surface area contributed by atoms with Crippen molar-refractivity contribution in [3.05, 3.63) is 94.5 Å². The second-order valence-electron chi connectivity index (χ2n) is 7.49. The van der Waals surface area contributed by atoms with Crippen LogP contribution in [0, 0.1) is 0 Å². The summed E-state index contributed by atoms with van der Waals surface area (Å²) in [6.07, 6.45) is 1.88. The van der Waals surface area contributed by atoms with Gasteiger partial charge in [-0.05, 0) is 17.2 Å². The number of nitrogens with zero attached hydrogens (tertiary/aromatic N) is 2. The van der Waals surface area contributed by atoms with Gasteiger partial charge in [-0.3, -0.25) is 5.01 Å². The van der Waals surface area contributed by atoms with Gasteiger partial charge in [-0.2, -0.15) is 5.10 Å². The Labute approximate surface area is 170 Å². The van der Waals surface area contributed by atoms with E-state index in [0.717, 1.165) is 36.8 Å². The maximum Gasteiger partial charge on any atom is 0.140 e. The van der Waals surface area contributed by atoms with E-state index in [1.165, 1.54) is 22.3 Å². The van der Waals surface area contributed by atoms with Crippen molar-refractivity contribution in [2.45, 2.75) is 6.04 Å². The van der Waals surface area contributed by atoms with Crippen molar-refractivity contribution in [1.82, 2.24) is 5.01 Å². The van der Waals surface area contributed by atoms with Crippen molar-refractivity contribution in [2.24, 2.45) is 5.10 Å². The number of hydrazone groups is 1. The van der Waals surface area contributed by atoms with Gasteiger partial charge in [-0.1, -0.05) is 78.3 Å². The maximum absolute atomic E-state index is 6.23. The van der Waals surface area contributed by atoms with Crippen LogP contribution in [0.15, 0.2) is 77.9 Å². The van der Waals surface area contributed by atoms with Gasteiger partial charge in [0.2, 0.25) is 0 Å². The highest BCUT2D eigenvalue weighted by Gasteiger charge is 2.37. The summed E-state index contributed by atoms with van der Waals surface area (Å²) in [7, 11) is 0. The lowest BCUT2D eigenvalue weighted by atomic mass is 10.0. The van der Waals surface area contributed by atoms with Gasteiger partial charge < -0.3 is 4.90 Å². The molecule has 140 valence electrons. The Kier molecular flexibility index (Phi) is 4.63. The molecule has 0 amide bonds. The Morgan fingerprint density at radius 2 is 1.39 bits per heavy atom. The second-order valence-corrected chi connectivity index (χ2v) is 7.89. The van der Waals surface area contributed by atoms with Crippen LogP contribution in [-0.2, 0) is 0 Å². The summed E-state index contributed by atoms with van der Waals surface area (Å²) < 4.78 is 0. The zero-order valence-electron chi connectivity index (χ0n) is 15.7. The first-order chi connectivity index (χ1) is 13.8. The highest BCUT2D eigenvalue weighted by Crippen LogP contribution is 2.41. The highest BCUT2D eigenvalue weighted by atomic mass is 35.5. The fourth-order valence-electron chi connectivity index (χ4n) is 4.51. The van der Waals surface area contributed by atoms with Crippen molar-refractivity contribution in [3.63, 3.8) is 0 Å². The lowest BCUT2D eigenvalue weighted by Crippen LogP contribution is -3.14. The van der Waals surface area contributed by atoms with Gasteiger partial charge in [-0.25, -0.2) is 0 Å². The summed E-state index contributed by atoms with van der Waals surface area (Å²) in [4.78, 5) is 1.63. The van der Waals surface area contributed by atoms with Gasteiger partial charge in [0.1, 0.15) is 6.04 Å². The fourth-order valence-corrected chi connectivity index (χ4v) is 4.69. The summed E-state index contributed by atoms with van der Waals surface area (Å²) in [6.45, 7) is 4.06. The molecule has 1 N–H and O–H groups in total. The Hall–Kier alpha value is -2.62. The molecule has 2 aliphatic rings. The van der Waals surface area contributed by atoms with Crippen LogP contribution in [0.5, 0.6) is 0 Å². The van der Waals surface area contributed by atoms with E-state index in [1.807, 2.05) is 30.5 Å². The maximum atomic E-state index is 6.23. The van der Waals surface area contributed by atoms with E-state index in [0.29, 0.717) is 6.04 Å². The molecule has 5 rings (SSSR count). The van der Waals surface area contributed by atoms with E-state index < -0.39 is 0 Å². The summed E-state index contributed by atoms with van der Waals surface area (Å²) in [5.41, 5.74) is 6.69. The van der Waals surface area contributed by atoms with Gasteiger partial charge >= 0.3 is 0 Å². The molecule has 0 radical (unpaired) electrons. The van der Waals surface area contributed by atoms with Crippen LogP contribution in [0.1, 0.15) is 22.7 Å². The van der Waals surface area contributed by atoms with Crippen LogP contribution < -0.4 is 4.90 Å². The molecule has 1 fully saturated rings. The van der Waals surface area contributed by atoms with Gasteiger partial charge in [-0.15, -0.1) is 0 Å². The first kappa shape index (κ1) is 17.5. The van der Waals surface area contributed by atoms with E-state index in [9.17, 15) is 0 Å². The SMILES string of the molecule is Clc1ccccc1/C=N/N1CC[NH+](C2c3ccccc3-c3ccccc32)CC1. The molecule has 3 nitrogen and oxygen atoms in total. The minimum Gasteiger partial charge on any atom is -0.322 e. The largest absolute Gasteiger partial charge is 0.322 e. The number of quaternary nitrogens is 1. The van der Waals surface area contributed by atoms with Gasteiger partial charge in [0.25, 0.3) is 0 Å². The van der Waals surface area contributed by atoms with Crippen LogP contribution in [0.4, 0.5) is 0 Å². The van der Waals surface area contributed by atoms with Gasteiger partial charge in [0, 0.05) is 21.7 Å². The standard InChI is InChI=1S/C24H22ClN3/c25-23-12-6-1-7-18(23)17-26-28-15-13-27(14-16-28)24-21-10-4-2-8-19(21)20-9-3-5-11-22(20)24/h1-12,17,24H,13-16H2/p+1/b26-17+. The quantitative estimate of drug-likeness (QED) is 0.679. The number of nitrogens with one attached hydrogen (secondary N) is 1. The van der Waals surface area contributed by atoms with E-state index in [1.54, 1.807) is 4.90 Å². The topological polar surface area (TPSA) is 20.0 Å². The summed E-state index contributed by atoms with van der Waals surface area (Å²) in [5.74, 6) is 0. The molecule has 3 aromatic carbocycles. The number of fused-ring (bicyclic) bond motifs is 3. The number of benzene rings is 3. The molecule has 0 unspecified atom stereocenters. The Morgan fingerprint density at radius 1 is 0.821 bits per heavy atom. The van der Waals surface area contributed by atoms with E-state index in [4.69, 9.17) is 11.6 Å². The molecule has 1 aliphatic carbocycles. The third-order valence-corrected chi connectivity index (χ3v) is 6.23. The molecule has 0 atom stereocenters. The predicted molar refractivity (Wildman–Crippen MR) is 115 cm³/mol. The van der Waals surface area contributed by atoms with Crippen LogP contribution in [0.3, 0.4) is 0 Å². The van der Waals surface area contributed by atoms with Crippen molar-refractivity contribution in [3.8, 4) is 11.1 Å². The van der Waals surface area contributed by atoms with E-state index in [-0.39, 0.29) is 0 Å². The number of hydrogen-bond donors (Lipinski definition) is 1. The molecule has 1 heterocycles. The molecule has 28 heavy (non-hydrogen) atoms. The average Bonchev–Trinajstić information content (AvgIpc) is 3.08. The zero-order chi connectivity index (χ0) is 18.9. The smallest absolute Gasteiger partial charge is 0.140 e. The number of piperazine rings is 1. The molecule has 0 saturated carbocycles. The summed E-state index contributed by atoms with van der Waals surface area (Å²) in [6, 6.07) is 26.0. The first-order valence-electron chi connectivity index (χ1n) is 9.87. The van der Waals surface area contributed by atoms with Gasteiger partial charge in [0.05, 0.1) is 32.4 Å². The fraction of sp³-hybridized carbons (Fsp3) is 0.208. The minimum absolute atomic E-state index is 0.432. The zero-order valence-corrected chi connectivity index (χ0v) is 16.4.